The third-order valence-corrected chi connectivity index (χ3v) is 5.18. The summed E-state index contributed by atoms with van der Waals surface area (Å²) in [7, 11) is 0. The number of nitrogens with one attached hydrogen (secondary N) is 1. The van der Waals surface area contributed by atoms with E-state index in [1.807, 2.05) is 6.07 Å². The maximum atomic E-state index is 6.14. The van der Waals surface area contributed by atoms with Crippen LogP contribution < -0.4 is 5.32 Å². The molecular weight excluding hydrogens is 262 g/mol. The third-order valence-electron chi connectivity index (χ3n) is 3.80. The smallest absolute Gasteiger partial charge is 0.0558 e. The van der Waals surface area contributed by atoms with Gasteiger partial charge in [-0.3, -0.25) is 0 Å². The molecule has 1 N–H and O–H groups in total. The van der Waals surface area contributed by atoms with Crippen molar-refractivity contribution < 1.29 is 0 Å². The molecule has 0 aromatic carbocycles. The summed E-state index contributed by atoms with van der Waals surface area (Å²) in [4.78, 5) is 1.26. The first-order chi connectivity index (χ1) is 8.27. The normalized spacial score (nSPS) is 23.2. The van der Waals surface area contributed by atoms with Crippen LogP contribution in [0.25, 0.3) is 0 Å². The lowest BCUT2D eigenvalue weighted by molar-refractivity contribution is 0.0846. The lowest BCUT2D eigenvalue weighted by Gasteiger charge is -2.45. The highest BCUT2D eigenvalue weighted by molar-refractivity contribution is 7.10. The maximum absolute atomic E-state index is 6.14. The molecule has 3 heteroatoms. The lowest BCUT2D eigenvalue weighted by Crippen LogP contribution is -2.43. The van der Waals surface area contributed by atoms with Gasteiger partial charge < -0.3 is 5.32 Å². The lowest BCUT2D eigenvalue weighted by atomic mass is 9.63. The molecule has 1 aliphatic rings. The molecule has 0 bridgehead atoms. The number of thiophene rings is 1. The summed E-state index contributed by atoms with van der Waals surface area (Å²) in [6.07, 6.45) is 3.84. The Hall–Kier alpha value is -0.0500. The first-order valence-electron chi connectivity index (χ1n) is 6.73. The fraction of sp³-hybridized carbons (Fsp3) is 0.733. The molecule has 1 aromatic heterocycles. The third kappa shape index (κ3) is 3.72. The van der Waals surface area contributed by atoms with Gasteiger partial charge in [0.25, 0.3) is 0 Å². The summed E-state index contributed by atoms with van der Waals surface area (Å²) in [5.41, 5.74) is 0.886. The highest BCUT2D eigenvalue weighted by Gasteiger charge is 2.38. The Kier molecular flexibility index (Phi) is 4.10. The molecule has 0 radical (unpaired) electrons. The van der Waals surface area contributed by atoms with Crippen LogP contribution in [0.2, 0.25) is 5.02 Å². The Bertz CT molecular complexity index is 392. The summed E-state index contributed by atoms with van der Waals surface area (Å²) in [5.74, 6) is 0. The average molecular weight is 286 g/mol. The predicted molar refractivity (Wildman–Crippen MR) is 81.4 cm³/mol. The Balaban J connectivity index is 1.95. The van der Waals surface area contributed by atoms with E-state index in [1.54, 1.807) is 11.3 Å². The van der Waals surface area contributed by atoms with E-state index < -0.39 is 0 Å². The van der Waals surface area contributed by atoms with Gasteiger partial charge in [0.2, 0.25) is 0 Å². The molecule has 1 aromatic rings. The van der Waals surface area contributed by atoms with Crippen molar-refractivity contribution in [3.05, 3.63) is 21.3 Å². The molecule has 1 nitrogen and oxygen atoms in total. The van der Waals surface area contributed by atoms with Gasteiger partial charge in [-0.25, -0.2) is 0 Å². The molecule has 0 aliphatic heterocycles. The van der Waals surface area contributed by atoms with E-state index in [0.717, 1.165) is 11.6 Å². The van der Waals surface area contributed by atoms with Gasteiger partial charge in [-0.05, 0) is 41.5 Å². The first kappa shape index (κ1) is 14.4. The van der Waals surface area contributed by atoms with Gasteiger partial charge in [-0.1, -0.05) is 39.3 Å². The van der Waals surface area contributed by atoms with Crippen LogP contribution in [-0.4, -0.2) is 6.04 Å². The number of hydrogen-bond acceptors (Lipinski definition) is 2. The molecule has 18 heavy (non-hydrogen) atoms. The molecule has 0 spiro atoms. The Labute approximate surface area is 120 Å². The second-order valence-corrected chi connectivity index (χ2v) is 8.59. The molecule has 0 unspecified atom stereocenters. The summed E-state index contributed by atoms with van der Waals surface area (Å²) < 4.78 is 0. The molecular formula is C15H24ClNS. The zero-order chi connectivity index (χ0) is 13.4. The summed E-state index contributed by atoms with van der Waals surface area (Å²) in [6.45, 7) is 10.5. The maximum Gasteiger partial charge on any atom is 0.0558 e. The molecule has 0 amide bonds. The van der Waals surface area contributed by atoms with Crippen LogP contribution in [0.15, 0.2) is 11.4 Å². The highest BCUT2D eigenvalue weighted by atomic mass is 35.5. The van der Waals surface area contributed by atoms with Crippen molar-refractivity contribution in [2.75, 3.05) is 0 Å². The molecule has 1 saturated carbocycles. The first-order valence-corrected chi connectivity index (χ1v) is 7.98. The zero-order valence-corrected chi connectivity index (χ0v) is 13.4. The van der Waals surface area contributed by atoms with Crippen molar-refractivity contribution in [3.63, 3.8) is 0 Å². The molecule has 1 aliphatic carbocycles. The van der Waals surface area contributed by atoms with Crippen LogP contribution in [0.4, 0.5) is 0 Å². The summed E-state index contributed by atoms with van der Waals surface area (Å²) >= 11 is 7.88. The topological polar surface area (TPSA) is 12.0 Å². The Morgan fingerprint density at radius 2 is 1.89 bits per heavy atom. The molecule has 102 valence electrons. The van der Waals surface area contributed by atoms with Gasteiger partial charge in [0, 0.05) is 17.5 Å². The highest BCUT2D eigenvalue weighted by Crippen LogP contribution is 2.45. The molecule has 0 atom stereocenters. The minimum atomic E-state index is 0.443. The van der Waals surface area contributed by atoms with Gasteiger partial charge in [-0.15, -0.1) is 11.3 Å². The van der Waals surface area contributed by atoms with Crippen LogP contribution in [0.1, 0.15) is 51.8 Å². The van der Waals surface area contributed by atoms with E-state index in [4.69, 9.17) is 11.6 Å². The van der Waals surface area contributed by atoms with Gasteiger partial charge in [0.05, 0.1) is 5.02 Å². The van der Waals surface area contributed by atoms with Crippen LogP contribution in [0, 0.1) is 10.8 Å². The average Bonchev–Trinajstić information content (AvgIpc) is 2.56. The van der Waals surface area contributed by atoms with E-state index in [-0.39, 0.29) is 0 Å². The van der Waals surface area contributed by atoms with E-state index in [9.17, 15) is 0 Å². The van der Waals surface area contributed by atoms with Gasteiger partial charge in [-0.2, -0.15) is 0 Å². The minimum Gasteiger partial charge on any atom is -0.309 e. The van der Waals surface area contributed by atoms with Crippen molar-refractivity contribution in [2.24, 2.45) is 10.8 Å². The molecule has 1 fully saturated rings. The molecule has 0 saturated heterocycles. The molecule has 2 rings (SSSR count). The second kappa shape index (κ2) is 5.15. The van der Waals surface area contributed by atoms with Crippen LogP contribution in [0.5, 0.6) is 0 Å². The van der Waals surface area contributed by atoms with Gasteiger partial charge in [0.1, 0.15) is 0 Å². The second-order valence-electron chi connectivity index (χ2n) is 7.18. The predicted octanol–water partition coefficient (Wildman–Crippen LogP) is 5.10. The number of rotatable bonds is 3. The monoisotopic (exact) mass is 285 g/mol. The standard InChI is InChI=1S/C15H24ClNS/c1-14(2)7-11(8-15(3,4)10-14)17-9-13-12(16)5-6-18-13/h5-6,11,17H,7-10H2,1-4H3. The fourth-order valence-electron chi connectivity index (χ4n) is 3.68. The SMILES string of the molecule is CC1(C)CC(NCc2sccc2Cl)CC(C)(C)C1. The minimum absolute atomic E-state index is 0.443. The van der Waals surface area contributed by atoms with E-state index in [2.05, 4.69) is 38.4 Å². The van der Waals surface area contributed by atoms with E-state index in [1.165, 1.54) is 24.1 Å². The van der Waals surface area contributed by atoms with Crippen molar-refractivity contribution in [1.82, 2.24) is 5.32 Å². The zero-order valence-electron chi connectivity index (χ0n) is 11.8. The fourth-order valence-corrected chi connectivity index (χ4v) is 4.73. The summed E-state index contributed by atoms with van der Waals surface area (Å²) in [5, 5.41) is 6.67. The van der Waals surface area contributed by atoms with E-state index in [0.29, 0.717) is 16.9 Å². The van der Waals surface area contributed by atoms with Gasteiger partial charge >= 0.3 is 0 Å². The Morgan fingerprint density at radius 3 is 2.39 bits per heavy atom. The number of halogens is 1. The van der Waals surface area contributed by atoms with Crippen molar-refractivity contribution in [1.29, 1.82) is 0 Å². The largest absolute Gasteiger partial charge is 0.309 e. The van der Waals surface area contributed by atoms with Crippen molar-refractivity contribution in [3.8, 4) is 0 Å². The van der Waals surface area contributed by atoms with E-state index >= 15 is 0 Å². The number of hydrogen-bond donors (Lipinski definition) is 1. The quantitative estimate of drug-likeness (QED) is 0.815. The Morgan fingerprint density at radius 1 is 1.28 bits per heavy atom. The van der Waals surface area contributed by atoms with Crippen molar-refractivity contribution in [2.45, 2.75) is 59.5 Å². The van der Waals surface area contributed by atoms with Crippen LogP contribution in [0.3, 0.4) is 0 Å². The van der Waals surface area contributed by atoms with Crippen LogP contribution >= 0.6 is 22.9 Å². The van der Waals surface area contributed by atoms with Gasteiger partial charge in [0.15, 0.2) is 0 Å². The van der Waals surface area contributed by atoms with Crippen LogP contribution in [-0.2, 0) is 6.54 Å². The van der Waals surface area contributed by atoms with Crippen molar-refractivity contribution >= 4 is 22.9 Å². The molecule has 1 heterocycles. The summed E-state index contributed by atoms with van der Waals surface area (Å²) in [6, 6.07) is 2.60.